The van der Waals surface area contributed by atoms with Crippen molar-refractivity contribution in [2.24, 2.45) is 5.73 Å². The van der Waals surface area contributed by atoms with E-state index in [9.17, 15) is 14.9 Å². The van der Waals surface area contributed by atoms with Crippen LogP contribution < -0.4 is 11.1 Å². The van der Waals surface area contributed by atoms with E-state index in [1.54, 1.807) is 12.1 Å². The molecular formula is C19H21N3O3. The third-order valence-corrected chi connectivity index (χ3v) is 4.88. The summed E-state index contributed by atoms with van der Waals surface area (Å²) in [5, 5.41) is 13.5. The molecule has 1 aliphatic carbocycles. The maximum Gasteiger partial charge on any atom is 0.269 e. The summed E-state index contributed by atoms with van der Waals surface area (Å²) in [7, 11) is 0. The molecule has 0 aromatic heterocycles. The van der Waals surface area contributed by atoms with Gasteiger partial charge in [-0.15, -0.1) is 0 Å². The van der Waals surface area contributed by atoms with Gasteiger partial charge in [0.1, 0.15) is 0 Å². The number of carbonyl (C=O) groups is 1. The first-order chi connectivity index (χ1) is 11.9. The van der Waals surface area contributed by atoms with E-state index >= 15 is 0 Å². The van der Waals surface area contributed by atoms with E-state index in [1.807, 2.05) is 24.3 Å². The van der Waals surface area contributed by atoms with Crippen LogP contribution in [0, 0.1) is 10.1 Å². The Bertz CT molecular complexity index is 787. The van der Waals surface area contributed by atoms with Gasteiger partial charge < -0.3 is 11.1 Å². The van der Waals surface area contributed by atoms with Crippen LogP contribution in [0.15, 0.2) is 48.5 Å². The first-order valence-corrected chi connectivity index (χ1v) is 8.33. The second kappa shape index (κ2) is 6.64. The molecule has 0 heterocycles. The van der Waals surface area contributed by atoms with Gasteiger partial charge >= 0.3 is 0 Å². The highest BCUT2D eigenvalue weighted by Gasteiger charge is 2.49. The minimum atomic E-state index is -0.458. The second-order valence-corrected chi connectivity index (χ2v) is 6.61. The number of amides is 1. The monoisotopic (exact) mass is 339 g/mol. The Morgan fingerprint density at radius 2 is 1.88 bits per heavy atom. The zero-order valence-electron chi connectivity index (χ0n) is 14.1. The van der Waals surface area contributed by atoms with Gasteiger partial charge in [0.2, 0.25) is 5.91 Å². The molecule has 0 saturated heterocycles. The molecule has 3 rings (SSSR count). The minimum Gasteiger partial charge on any atom is -0.326 e. The molecule has 0 radical (unpaired) electrons. The van der Waals surface area contributed by atoms with E-state index in [0.717, 1.165) is 24.1 Å². The predicted molar refractivity (Wildman–Crippen MR) is 96.4 cm³/mol. The number of benzene rings is 2. The van der Waals surface area contributed by atoms with E-state index < -0.39 is 4.92 Å². The lowest BCUT2D eigenvalue weighted by atomic mass is 10.0. The summed E-state index contributed by atoms with van der Waals surface area (Å²) in [4.78, 5) is 22.3. The smallest absolute Gasteiger partial charge is 0.269 e. The number of non-ortho nitro benzene ring substituents is 1. The number of nitrogens with two attached hydrogens (primary N) is 1. The van der Waals surface area contributed by atoms with Crippen molar-refractivity contribution < 1.29 is 9.72 Å². The standard InChI is InChI=1S/C19H21N3O3/c1-2-19(20)12-17(19)14-5-7-15(8-6-14)21-18(23)11-13-3-9-16(10-4-13)22(24)25/h3-10,17H,2,11-12,20H2,1H3,(H,21,23). The van der Waals surface area contributed by atoms with Crippen LogP contribution in [0.3, 0.4) is 0 Å². The van der Waals surface area contributed by atoms with Gasteiger partial charge in [0, 0.05) is 29.3 Å². The maximum atomic E-state index is 12.1. The van der Waals surface area contributed by atoms with Crippen LogP contribution in [0.1, 0.15) is 36.8 Å². The van der Waals surface area contributed by atoms with Crippen molar-refractivity contribution in [3.05, 3.63) is 69.8 Å². The maximum absolute atomic E-state index is 12.1. The molecule has 1 saturated carbocycles. The Balaban J connectivity index is 1.57. The second-order valence-electron chi connectivity index (χ2n) is 6.61. The van der Waals surface area contributed by atoms with Gasteiger partial charge in [0.15, 0.2) is 0 Å². The van der Waals surface area contributed by atoms with Gasteiger partial charge in [0.25, 0.3) is 5.69 Å². The normalized spacial score (nSPS) is 21.6. The van der Waals surface area contributed by atoms with Gasteiger partial charge in [-0.1, -0.05) is 31.2 Å². The molecule has 130 valence electrons. The number of nitrogens with one attached hydrogen (secondary N) is 1. The average Bonchev–Trinajstić information content (AvgIpc) is 3.28. The fourth-order valence-corrected chi connectivity index (χ4v) is 3.09. The Hall–Kier alpha value is -2.73. The number of rotatable bonds is 6. The fourth-order valence-electron chi connectivity index (χ4n) is 3.09. The molecule has 2 unspecified atom stereocenters. The van der Waals surface area contributed by atoms with Crippen LogP contribution in [0.4, 0.5) is 11.4 Å². The topological polar surface area (TPSA) is 98.3 Å². The number of nitro groups is 1. The summed E-state index contributed by atoms with van der Waals surface area (Å²) < 4.78 is 0. The Labute approximate surface area is 146 Å². The first kappa shape index (κ1) is 17.1. The lowest BCUT2D eigenvalue weighted by molar-refractivity contribution is -0.384. The number of anilines is 1. The van der Waals surface area contributed by atoms with Crippen molar-refractivity contribution in [1.29, 1.82) is 0 Å². The molecule has 6 nitrogen and oxygen atoms in total. The summed E-state index contributed by atoms with van der Waals surface area (Å²) in [5.41, 5.74) is 8.86. The van der Waals surface area contributed by atoms with Gasteiger partial charge in [-0.3, -0.25) is 14.9 Å². The summed E-state index contributed by atoms with van der Waals surface area (Å²) in [6.07, 6.45) is 2.14. The molecule has 2 aromatic rings. The number of hydrogen-bond acceptors (Lipinski definition) is 4. The Kier molecular flexibility index (Phi) is 4.55. The minimum absolute atomic E-state index is 0.0166. The van der Waals surface area contributed by atoms with Gasteiger partial charge in [-0.25, -0.2) is 0 Å². The molecule has 2 atom stereocenters. The number of nitro benzene ring substituents is 1. The lowest BCUT2D eigenvalue weighted by Crippen LogP contribution is -2.22. The quantitative estimate of drug-likeness (QED) is 0.622. The summed E-state index contributed by atoms with van der Waals surface area (Å²) >= 11 is 0. The third-order valence-electron chi connectivity index (χ3n) is 4.88. The number of nitrogens with zero attached hydrogens (tertiary/aromatic N) is 1. The molecule has 0 aliphatic heterocycles. The highest BCUT2D eigenvalue weighted by molar-refractivity contribution is 5.92. The molecule has 0 bridgehead atoms. The van der Waals surface area contributed by atoms with Crippen molar-refractivity contribution in [3.63, 3.8) is 0 Å². The summed E-state index contributed by atoms with van der Waals surface area (Å²) in [5.74, 6) is 0.247. The Morgan fingerprint density at radius 1 is 1.24 bits per heavy atom. The third kappa shape index (κ3) is 3.85. The number of hydrogen-bond donors (Lipinski definition) is 2. The Morgan fingerprint density at radius 3 is 2.40 bits per heavy atom. The highest BCUT2D eigenvalue weighted by atomic mass is 16.6. The highest BCUT2D eigenvalue weighted by Crippen LogP contribution is 2.51. The SMILES string of the molecule is CCC1(N)CC1c1ccc(NC(=O)Cc2ccc([N+](=O)[O-])cc2)cc1. The van der Waals surface area contributed by atoms with E-state index in [2.05, 4.69) is 12.2 Å². The van der Waals surface area contributed by atoms with Crippen molar-refractivity contribution in [2.45, 2.75) is 37.6 Å². The zero-order chi connectivity index (χ0) is 18.0. The van der Waals surface area contributed by atoms with Crippen molar-refractivity contribution in [3.8, 4) is 0 Å². The fraction of sp³-hybridized carbons (Fsp3) is 0.316. The lowest BCUT2D eigenvalue weighted by Gasteiger charge is -2.09. The van der Waals surface area contributed by atoms with E-state index in [0.29, 0.717) is 5.92 Å². The summed E-state index contributed by atoms with van der Waals surface area (Å²) in [6, 6.07) is 13.8. The molecule has 1 fully saturated rings. The van der Waals surface area contributed by atoms with Gasteiger partial charge in [-0.2, -0.15) is 0 Å². The van der Waals surface area contributed by atoms with Gasteiger partial charge in [0.05, 0.1) is 11.3 Å². The first-order valence-electron chi connectivity index (χ1n) is 8.33. The van der Waals surface area contributed by atoms with E-state index in [4.69, 9.17) is 5.73 Å². The van der Waals surface area contributed by atoms with Crippen molar-refractivity contribution >= 4 is 17.3 Å². The molecule has 2 aromatic carbocycles. The van der Waals surface area contributed by atoms with Crippen molar-refractivity contribution in [2.75, 3.05) is 5.32 Å². The largest absolute Gasteiger partial charge is 0.326 e. The van der Waals surface area contributed by atoms with Crippen molar-refractivity contribution in [1.82, 2.24) is 0 Å². The number of carbonyl (C=O) groups excluding carboxylic acids is 1. The predicted octanol–water partition coefficient (Wildman–Crippen LogP) is 3.37. The average molecular weight is 339 g/mol. The molecule has 1 amide bonds. The van der Waals surface area contributed by atoms with Crippen LogP contribution in [0.2, 0.25) is 0 Å². The molecule has 6 heteroatoms. The summed E-state index contributed by atoms with van der Waals surface area (Å²) in [6.45, 7) is 2.10. The van der Waals surface area contributed by atoms with Gasteiger partial charge in [-0.05, 0) is 36.1 Å². The van der Waals surface area contributed by atoms with E-state index in [-0.39, 0.29) is 23.6 Å². The molecule has 1 aliphatic rings. The molecule has 25 heavy (non-hydrogen) atoms. The van der Waals surface area contributed by atoms with Crippen LogP contribution in [0.5, 0.6) is 0 Å². The van der Waals surface area contributed by atoms with Crippen LogP contribution in [0.25, 0.3) is 0 Å². The molecule has 3 N–H and O–H groups in total. The van der Waals surface area contributed by atoms with Crippen LogP contribution in [-0.2, 0) is 11.2 Å². The zero-order valence-corrected chi connectivity index (χ0v) is 14.1. The molecular weight excluding hydrogens is 318 g/mol. The van der Waals surface area contributed by atoms with E-state index in [1.165, 1.54) is 17.7 Å². The molecule has 0 spiro atoms. The van der Waals surface area contributed by atoms with Crippen LogP contribution >= 0.6 is 0 Å². The van der Waals surface area contributed by atoms with Crippen LogP contribution in [-0.4, -0.2) is 16.4 Å².